The molecule has 1 saturated heterocycles. The summed E-state index contributed by atoms with van der Waals surface area (Å²) in [5.74, 6) is -0.291. The maximum absolute atomic E-state index is 13.3. The quantitative estimate of drug-likeness (QED) is 0.553. The molecule has 3 amide bonds. The standard InChI is InChI=1S/C27H35N3O4/c1-4-6-17-30-25(32)16-15-21(26(30)20-12-8-10-14-23(20)34-3)27(33)28-18-24(31)29-22-13-9-7-11-19(22)5-2/h7-14,21,26H,4-6,15-18H2,1-3H3,(H,28,33)(H,29,31). The number of likely N-dealkylation sites (tertiary alicyclic amines) is 1. The van der Waals surface area contributed by atoms with Crippen LogP contribution in [0.5, 0.6) is 5.75 Å². The minimum atomic E-state index is -0.471. The summed E-state index contributed by atoms with van der Waals surface area (Å²) in [6.45, 7) is 4.55. The molecule has 1 aliphatic heterocycles. The summed E-state index contributed by atoms with van der Waals surface area (Å²) < 4.78 is 5.57. The Morgan fingerprint density at radius 1 is 1.09 bits per heavy atom. The van der Waals surface area contributed by atoms with Crippen LogP contribution in [0.25, 0.3) is 0 Å². The highest BCUT2D eigenvalue weighted by Crippen LogP contribution is 2.40. The van der Waals surface area contributed by atoms with Crippen molar-refractivity contribution >= 4 is 23.4 Å². The number of nitrogens with one attached hydrogen (secondary N) is 2. The highest BCUT2D eigenvalue weighted by Gasteiger charge is 2.41. The Labute approximate surface area is 201 Å². The maximum atomic E-state index is 13.3. The van der Waals surface area contributed by atoms with Crippen molar-refractivity contribution in [3.05, 3.63) is 59.7 Å². The summed E-state index contributed by atoms with van der Waals surface area (Å²) in [4.78, 5) is 40.6. The van der Waals surface area contributed by atoms with Crippen LogP contribution in [-0.2, 0) is 20.8 Å². The number of para-hydroxylation sites is 2. The van der Waals surface area contributed by atoms with Gasteiger partial charge in [0.1, 0.15) is 5.75 Å². The summed E-state index contributed by atoms with van der Waals surface area (Å²) in [6.07, 6.45) is 3.33. The molecule has 182 valence electrons. The van der Waals surface area contributed by atoms with Gasteiger partial charge < -0.3 is 20.3 Å². The molecule has 7 heteroatoms. The number of benzene rings is 2. The average Bonchev–Trinajstić information content (AvgIpc) is 2.86. The van der Waals surface area contributed by atoms with Crippen LogP contribution >= 0.6 is 0 Å². The Balaban J connectivity index is 1.77. The van der Waals surface area contributed by atoms with Gasteiger partial charge in [0.25, 0.3) is 0 Å². The van der Waals surface area contributed by atoms with Gasteiger partial charge in [-0.2, -0.15) is 0 Å². The highest BCUT2D eigenvalue weighted by atomic mass is 16.5. The molecular formula is C27H35N3O4. The number of aryl methyl sites for hydroxylation is 1. The molecule has 1 heterocycles. The van der Waals surface area contributed by atoms with Crippen molar-refractivity contribution in [3.63, 3.8) is 0 Å². The summed E-state index contributed by atoms with van der Waals surface area (Å²) in [5.41, 5.74) is 2.61. The predicted octanol–water partition coefficient (Wildman–Crippen LogP) is 4.09. The first kappa shape index (κ1) is 25.3. The van der Waals surface area contributed by atoms with E-state index in [0.717, 1.165) is 36.1 Å². The van der Waals surface area contributed by atoms with Gasteiger partial charge in [0, 0.05) is 24.2 Å². The fourth-order valence-corrected chi connectivity index (χ4v) is 4.56. The second-order valence-corrected chi connectivity index (χ2v) is 8.55. The van der Waals surface area contributed by atoms with Gasteiger partial charge in [-0.15, -0.1) is 0 Å². The number of amides is 3. The topological polar surface area (TPSA) is 87.7 Å². The number of unbranched alkanes of at least 4 members (excludes halogenated alkanes) is 1. The van der Waals surface area contributed by atoms with Crippen molar-refractivity contribution in [2.24, 2.45) is 5.92 Å². The highest BCUT2D eigenvalue weighted by molar-refractivity contribution is 5.95. The molecule has 0 bridgehead atoms. The lowest BCUT2D eigenvalue weighted by Gasteiger charge is -2.41. The third-order valence-corrected chi connectivity index (χ3v) is 6.35. The molecule has 3 rings (SSSR count). The zero-order valence-electron chi connectivity index (χ0n) is 20.3. The van der Waals surface area contributed by atoms with Gasteiger partial charge in [-0.25, -0.2) is 0 Å². The molecule has 0 spiro atoms. The summed E-state index contributed by atoms with van der Waals surface area (Å²) in [7, 11) is 1.59. The molecule has 1 fully saturated rings. The van der Waals surface area contributed by atoms with Crippen LogP contribution < -0.4 is 15.4 Å². The number of carbonyl (C=O) groups is 3. The van der Waals surface area contributed by atoms with Gasteiger partial charge in [0.2, 0.25) is 17.7 Å². The fraction of sp³-hybridized carbons (Fsp3) is 0.444. The second kappa shape index (κ2) is 12.2. The molecule has 0 saturated carbocycles. The zero-order valence-corrected chi connectivity index (χ0v) is 20.3. The Hall–Kier alpha value is -3.35. The lowest BCUT2D eigenvalue weighted by atomic mass is 9.83. The minimum absolute atomic E-state index is 0.0438. The van der Waals surface area contributed by atoms with E-state index in [1.165, 1.54) is 0 Å². The van der Waals surface area contributed by atoms with E-state index in [1.807, 2.05) is 60.4 Å². The second-order valence-electron chi connectivity index (χ2n) is 8.55. The van der Waals surface area contributed by atoms with E-state index in [2.05, 4.69) is 17.6 Å². The number of carbonyl (C=O) groups excluding carboxylic acids is 3. The van der Waals surface area contributed by atoms with Crippen molar-refractivity contribution in [1.29, 1.82) is 0 Å². The molecule has 2 unspecified atom stereocenters. The fourth-order valence-electron chi connectivity index (χ4n) is 4.56. The number of rotatable bonds is 10. The van der Waals surface area contributed by atoms with E-state index in [4.69, 9.17) is 4.74 Å². The first-order chi connectivity index (χ1) is 16.5. The molecular weight excluding hydrogens is 430 g/mol. The first-order valence-corrected chi connectivity index (χ1v) is 12.1. The molecule has 0 aliphatic carbocycles. The number of nitrogens with zero attached hydrogens (tertiary/aromatic N) is 1. The van der Waals surface area contributed by atoms with E-state index in [9.17, 15) is 14.4 Å². The molecule has 2 aromatic carbocycles. The molecule has 2 N–H and O–H groups in total. The Morgan fingerprint density at radius 2 is 1.82 bits per heavy atom. The molecule has 2 aromatic rings. The molecule has 7 nitrogen and oxygen atoms in total. The summed E-state index contributed by atoms with van der Waals surface area (Å²) in [5, 5.41) is 5.70. The van der Waals surface area contributed by atoms with E-state index < -0.39 is 12.0 Å². The Bertz CT molecular complexity index is 1010. The van der Waals surface area contributed by atoms with Crippen LogP contribution in [0.2, 0.25) is 0 Å². The predicted molar refractivity (Wildman–Crippen MR) is 133 cm³/mol. The average molecular weight is 466 g/mol. The normalized spacial score (nSPS) is 17.9. The number of methoxy groups -OCH3 is 1. The number of ether oxygens (including phenoxy) is 1. The molecule has 2 atom stereocenters. The van der Waals surface area contributed by atoms with E-state index >= 15 is 0 Å². The van der Waals surface area contributed by atoms with Crippen molar-refractivity contribution in [1.82, 2.24) is 10.2 Å². The van der Waals surface area contributed by atoms with Crippen LogP contribution in [0.3, 0.4) is 0 Å². The van der Waals surface area contributed by atoms with Crippen molar-refractivity contribution in [3.8, 4) is 5.75 Å². The van der Waals surface area contributed by atoms with Crippen LogP contribution in [0.1, 0.15) is 56.7 Å². The van der Waals surface area contributed by atoms with Crippen molar-refractivity contribution in [2.45, 2.75) is 52.0 Å². The third kappa shape index (κ3) is 5.95. The summed E-state index contributed by atoms with van der Waals surface area (Å²) >= 11 is 0. The van der Waals surface area contributed by atoms with Gasteiger partial charge in [-0.05, 0) is 37.0 Å². The molecule has 1 aliphatic rings. The van der Waals surface area contributed by atoms with Crippen LogP contribution in [0.4, 0.5) is 5.69 Å². The zero-order chi connectivity index (χ0) is 24.5. The van der Waals surface area contributed by atoms with Gasteiger partial charge in [0.05, 0.1) is 25.6 Å². The summed E-state index contributed by atoms with van der Waals surface area (Å²) in [6, 6.07) is 14.7. The number of piperidine rings is 1. The van der Waals surface area contributed by atoms with Crippen molar-refractivity contribution in [2.75, 3.05) is 25.5 Å². The number of hydrogen-bond acceptors (Lipinski definition) is 4. The number of hydrogen-bond donors (Lipinski definition) is 2. The van der Waals surface area contributed by atoms with Gasteiger partial charge in [0.15, 0.2) is 0 Å². The van der Waals surface area contributed by atoms with Crippen LogP contribution in [-0.4, -0.2) is 42.8 Å². The molecule has 0 aromatic heterocycles. The smallest absolute Gasteiger partial charge is 0.243 e. The van der Waals surface area contributed by atoms with Crippen LogP contribution in [0.15, 0.2) is 48.5 Å². The van der Waals surface area contributed by atoms with Gasteiger partial charge >= 0.3 is 0 Å². The van der Waals surface area contributed by atoms with E-state index in [0.29, 0.717) is 25.1 Å². The lowest BCUT2D eigenvalue weighted by molar-refractivity contribution is -0.144. The Morgan fingerprint density at radius 3 is 2.56 bits per heavy atom. The monoisotopic (exact) mass is 465 g/mol. The van der Waals surface area contributed by atoms with Gasteiger partial charge in [-0.1, -0.05) is 56.7 Å². The lowest BCUT2D eigenvalue weighted by Crippen LogP contribution is -2.49. The minimum Gasteiger partial charge on any atom is -0.496 e. The van der Waals surface area contributed by atoms with Crippen molar-refractivity contribution < 1.29 is 19.1 Å². The van der Waals surface area contributed by atoms with E-state index in [-0.39, 0.29) is 24.3 Å². The molecule has 34 heavy (non-hydrogen) atoms. The Kier molecular flexibility index (Phi) is 9.08. The molecule has 0 radical (unpaired) electrons. The number of anilines is 1. The van der Waals surface area contributed by atoms with E-state index in [1.54, 1.807) is 7.11 Å². The maximum Gasteiger partial charge on any atom is 0.243 e. The third-order valence-electron chi connectivity index (χ3n) is 6.35. The SMILES string of the molecule is CCCCN1C(=O)CCC(C(=O)NCC(=O)Nc2ccccc2CC)C1c1ccccc1OC. The first-order valence-electron chi connectivity index (χ1n) is 12.1. The van der Waals surface area contributed by atoms with Crippen LogP contribution in [0, 0.1) is 5.92 Å². The largest absolute Gasteiger partial charge is 0.496 e. The van der Waals surface area contributed by atoms with Gasteiger partial charge in [-0.3, -0.25) is 14.4 Å².